The highest BCUT2D eigenvalue weighted by atomic mass is 32.2. The van der Waals surface area contributed by atoms with Crippen LogP contribution in [0, 0.1) is 0 Å². The van der Waals surface area contributed by atoms with Crippen LogP contribution < -0.4 is 15.0 Å². The number of benzene rings is 1. The highest BCUT2D eigenvalue weighted by Gasteiger charge is 2.31. The Kier molecular flexibility index (Phi) is 5.18. The molecule has 0 amide bonds. The Bertz CT molecular complexity index is 896. The SMILES string of the molecule is COc1cc([C@@H]2SC(C)=Nc3c2c(=O)[nH]n3C(C)C)ccc1OC(C)C. The number of ether oxygens (including phenoxy) is 2. The van der Waals surface area contributed by atoms with Crippen molar-refractivity contribution in [2.75, 3.05) is 7.11 Å². The van der Waals surface area contributed by atoms with Gasteiger partial charge in [0.2, 0.25) is 0 Å². The van der Waals surface area contributed by atoms with Crippen LogP contribution in [0.1, 0.15) is 57.0 Å². The van der Waals surface area contributed by atoms with Gasteiger partial charge >= 0.3 is 0 Å². The summed E-state index contributed by atoms with van der Waals surface area (Å²) in [6, 6.07) is 5.97. The van der Waals surface area contributed by atoms with Gasteiger partial charge in [-0.05, 0) is 52.3 Å². The first-order valence-corrected chi connectivity index (χ1v) is 9.60. The van der Waals surface area contributed by atoms with Crippen molar-refractivity contribution >= 4 is 22.6 Å². The molecule has 1 N–H and O–H groups in total. The number of nitrogens with zero attached hydrogens (tertiary/aromatic N) is 2. The average Bonchev–Trinajstić information content (AvgIpc) is 2.91. The van der Waals surface area contributed by atoms with Gasteiger partial charge in [0, 0.05) is 6.04 Å². The second kappa shape index (κ2) is 7.23. The van der Waals surface area contributed by atoms with Gasteiger partial charge in [0.1, 0.15) is 0 Å². The number of thioether (sulfide) groups is 1. The number of hydrogen-bond donors (Lipinski definition) is 1. The highest BCUT2D eigenvalue weighted by molar-refractivity contribution is 8.14. The zero-order chi connectivity index (χ0) is 19.0. The lowest BCUT2D eigenvalue weighted by Crippen LogP contribution is -2.14. The van der Waals surface area contributed by atoms with Gasteiger partial charge in [-0.2, -0.15) is 0 Å². The summed E-state index contributed by atoms with van der Waals surface area (Å²) < 4.78 is 13.1. The number of rotatable bonds is 5. The van der Waals surface area contributed by atoms with Crippen molar-refractivity contribution in [3.63, 3.8) is 0 Å². The lowest BCUT2D eigenvalue weighted by Gasteiger charge is -2.22. The van der Waals surface area contributed by atoms with E-state index in [2.05, 4.69) is 10.1 Å². The molecule has 2 aromatic rings. The number of aliphatic imine (C=N–C) groups is 1. The molecule has 1 aromatic carbocycles. The molecule has 0 bridgehead atoms. The van der Waals surface area contributed by atoms with Crippen LogP contribution in [-0.2, 0) is 0 Å². The molecule has 6 nitrogen and oxygen atoms in total. The molecule has 0 radical (unpaired) electrons. The van der Waals surface area contributed by atoms with Gasteiger partial charge in [-0.1, -0.05) is 17.8 Å². The number of fused-ring (bicyclic) bond motifs is 1. The van der Waals surface area contributed by atoms with Crippen molar-refractivity contribution in [1.82, 2.24) is 9.78 Å². The zero-order valence-electron chi connectivity index (χ0n) is 16.0. The van der Waals surface area contributed by atoms with Crippen molar-refractivity contribution in [2.24, 2.45) is 4.99 Å². The normalized spacial score (nSPS) is 16.6. The van der Waals surface area contributed by atoms with E-state index in [1.165, 1.54) is 0 Å². The van der Waals surface area contributed by atoms with Crippen LogP contribution in [0.3, 0.4) is 0 Å². The van der Waals surface area contributed by atoms with Crippen molar-refractivity contribution in [3.8, 4) is 11.5 Å². The Morgan fingerprint density at radius 1 is 1.23 bits per heavy atom. The second-order valence-corrected chi connectivity index (χ2v) is 8.15. The van der Waals surface area contributed by atoms with E-state index >= 15 is 0 Å². The highest BCUT2D eigenvalue weighted by Crippen LogP contribution is 2.45. The largest absolute Gasteiger partial charge is 0.493 e. The molecule has 3 rings (SSSR count). The molecule has 140 valence electrons. The van der Waals surface area contributed by atoms with Crippen LogP contribution in [-0.4, -0.2) is 28.0 Å². The number of nitrogens with one attached hydrogen (secondary N) is 1. The summed E-state index contributed by atoms with van der Waals surface area (Å²) in [6.07, 6.45) is 0.0581. The van der Waals surface area contributed by atoms with Gasteiger partial charge in [0.05, 0.1) is 29.1 Å². The van der Waals surface area contributed by atoms with Gasteiger partial charge < -0.3 is 9.47 Å². The fourth-order valence-corrected chi connectivity index (χ4v) is 4.11. The molecule has 1 aliphatic rings. The smallest absolute Gasteiger partial charge is 0.271 e. The molecule has 0 fully saturated rings. The monoisotopic (exact) mass is 375 g/mol. The number of aromatic amines is 1. The Morgan fingerprint density at radius 2 is 1.96 bits per heavy atom. The third kappa shape index (κ3) is 3.40. The maximum Gasteiger partial charge on any atom is 0.271 e. The minimum atomic E-state index is -0.131. The lowest BCUT2D eigenvalue weighted by molar-refractivity contribution is 0.230. The van der Waals surface area contributed by atoms with Gasteiger partial charge in [-0.3, -0.25) is 14.6 Å². The van der Waals surface area contributed by atoms with E-state index in [-0.39, 0.29) is 23.0 Å². The number of aromatic nitrogens is 2. The minimum Gasteiger partial charge on any atom is -0.493 e. The minimum absolute atomic E-state index is 0.0581. The Labute approximate surface area is 157 Å². The first-order chi connectivity index (χ1) is 12.3. The van der Waals surface area contributed by atoms with E-state index < -0.39 is 0 Å². The molecular formula is C19H25N3O3S. The first-order valence-electron chi connectivity index (χ1n) is 8.72. The van der Waals surface area contributed by atoms with Crippen LogP contribution in [0.4, 0.5) is 5.82 Å². The zero-order valence-corrected chi connectivity index (χ0v) is 16.8. The predicted molar refractivity (Wildman–Crippen MR) is 106 cm³/mol. The van der Waals surface area contributed by atoms with Crippen molar-refractivity contribution in [2.45, 2.75) is 52.0 Å². The quantitative estimate of drug-likeness (QED) is 0.839. The van der Waals surface area contributed by atoms with E-state index in [4.69, 9.17) is 9.47 Å². The summed E-state index contributed by atoms with van der Waals surface area (Å²) in [5.74, 6) is 2.08. The van der Waals surface area contributed by atoms with E-state index in [0.717, 1.165) is 10.6 Å². The summed E-state index contributed by atoms with van der Waals surface area (Å²) in [6.45, 7) is 9.98. The van der Waals surface area contributed by atoms with Crippen molar-refractivity contribution in [1.29, 1.82) is 0 Å². The molecule has 2 heterocycles. The third-order valence-electron chi connectivity index (χ3n) is 4.12. The fourth-order valence-electron chi connectivity index (χ4n) is 3.02. The molecule has 0 saturated heterocycles. The number of H-pyrrole nitrogens is 1. The van der Waals surface area contributed by atoms with E-state index in [1.807, 2.05) is 57.5 Å². The van der Waals surface area contributed by atoms with E-state index in [9.17, 15) is 4.79 Å². The lowest BCUT2D eigenvalue weighted by atomic mass is 10.1. The molecule has 1 atom stereocenters. The first kappa shape index (κ1) is 18.6. The third-order valence-corrected chi connectivity index (χ3v) is 5.30. The van der Waals surface area contributed by atoms with Crippen LogP contribution in [0.25, 0.3) is 0 Å². The maximum atomic E-state index is 12.6. The molecule has 0 saturated carbocycles. The van der Waals surface area contributed by atoms with Crippen molar-refractivity contribution in [3.05, 3.63) is 39.7 Å². The topological polar surface area (TPSA) is 68.6 Å². The summed E-state index contributed by atoms with van der Waals surface area (Å²) in [4.78, 5) is 17.2. The summed E-state index contributed by atoms with van der Waals surface area (Å²) >= 11 is 1.58. The van der Waals surface area contributed by atoms with Crippen molar-refractivity contribution < 1.29 is 9.47 Å². The molecular weight excluding hydrogens is 350 g/mol. The fraction of sp³-hybridized carbons (Fsp3) is 0.474. The van der Waals surface area contributed by atoms with E-state index in [1.54, 1.807) is 18.9 Å². The number of hydrogen-bond acceptors (Lipinski definition) is 5. The molecule has 1 aromatic heterocycles. The maximum absolute atomic E-state index is 12.6. The van der Waals surface area contributed by atoms with Crippen LogP contribution in [0.2, 0.25) is 0 Å². The molecule has 0 aliphatic carbocycles. The van der Waals surface area contributed by atoms with Gasteiger partial charge in [-0.25, -0.2) is 4.99 Å². The molecule has 7 heteroatoms. The summed E-state index contributed by atoms with van der Waals surface area (Å²) in [7, 11) is 1.63. The second-order valence-electron chi connectivity index (χ2n) is 6.85. The Morgan fingerprint density at radius 3 is 2.58 bits per heavy atom. The molecule has 26 heavy (non-hydrogen) atoms. The summed E-state index contributed by atoms with van der Waals surface area (Å²) in [5.41, 5.74) is 1.59. The molecule has 0 unspecified atom stereocenters. The van der Waals surface area contributed by atoms with Crippen LogP contribution >= 0.6 is 11.8 Å². The summed E-state index contributed by atoms with van der Waals surface area (Å²) in [5, 5.41) is 3.72. The molecule has 0 spiro atoms. The molecule has 1 aliphatic heterocycles. The van der Waals surface area contributed by atoms with Gasteiger partial charge in [0.15, 0.2) is 17.3 Å². The predicted octanol–water partition coefficient (Wildman–Crippen LogP) is 4.44. The number of methoxy groups -OCH3 is 1. The average molecular weight is 375 g/mol. The van der Waals surface area contributed by atoms with Gasteiger partial charge in [0.25, 0.3) is 5.56 Å². The van der Waals surface area contributed by atoms with Gasteiger partial charge in [-0.15, -0.1) is 0 Å². The Balaban J connectivity index is 2.09. The van der Waals surface area contributed by atoms with Crippen LogP contribution in [0.5, 0.6) is 11.5 Å². The van der Waals surface area contributed by atoms with Crippen LogP contribution in [0.15, 0.2) is 28.0 Å². The Hall–Kier alpha value is -2.15. The standard InChI is InChI=1S/C19H25N3O3S/c1-10(2)22-18-16(19(23)21-22)17(26-12(5)20-18)13-7-8-14(25-11(3)4)15(9-13)24-6/h7-11,17H,1-6H3,(H,21,23)/t17-/m0/s1. The van der Waals surface area contributed by atoms with E-state index in [0.29, 0.717) is 22.9 Å².